The molecule has 1 heterocycles. The van der Waals surface area contributed by atoms with Gasteiger partial charge >= 0.3 is 0 Å². The molecular weight excluding hydrogens is 272 g/mol. The number of anilines is 1. The first-order chi connectivity index (χ1) is 8.62. The molecule has 2 aromatic rings. The van der Waals surface area contributed by atoms with Crippen LogP contribution in [0.5, 0.6) is 0 Å². The molecule has 0 saturated carbocycles. The minimum atomic E-state index is -3.58. The van der Waals surface area contributed by atoms with Crippen molar-refractivity contribution in [2.75, 3.05) is 11.8 Å². The minimum Gasteiger partial charge on any atom is -0.316 e. The number of hydrogen-bond acceptors (Lipinski definition) is 6. The molecule has 1 aromatic carbocycles. The lowest BCUT2D eigenvalue weighted by Gasteiger charge is -2.05. The molecule has 2 N–H and O–H groups in total. The van der Waals surface area contributed by atoms with Crippen LogP contribution in [0.2, 0.25) is 0 Å². The molecule has 96 valence electrons. The normalized spacial score (nSPS) is 11.4. The first-order valence-corrected chi connectivity index (χ1v) is 7.50. The fourth-order valence-electron chi connectivity index (χ4n) is 1.38. The van der Waals surface area contributed by atoms with Gasteiger partial charge in [0.05, 0.1) is 4.90 Å². The fourth-order valence-corrected chi connectivity index (χ4v) is 3.07. The summed E-state index contributed by atoms with van der Waals surface area (Å²) in [5.41, 5.74) is 2.49. The second-order valence-electron chi connectivity index (χ2n) is 3.52. The molecule has 0 saturated heterocycles. The summed E-state index contributed by atoms with van der Waals surface area (Å²) >= 11 is 1.13. The molecule has 0 radical (unpaired) electrons. The first kappa shape index (κ1) is 12.9. The fraction of sp³-hybridized carbons (Fsp3) is 0.200. The zero-order valence-corrected chi connectivity index (χ0v) is 11.3. The second kappa shape index (κ2) is 5.42. The highest BCUT2D eigenvalue weighted by molar-refractivity contribution is 7.93. The lowest BCUT2D eigenvalue weighted by molar-refractivity contribution is 0.601. The standard InChI is InChI=1S/C10H12N4O2S2/c1-11-6-8-2-4-9(5-3-8)18(15,16)14-10-13-12-7-17-10/h2-5,7,11H,6H2,1H3,(H,13,14). The molecule has 6 nitrogen and oxygen atoms in total. The zero-order chi connectivity index (χ0) is 13.0. The summed E-state index contributed by atoms with van der Waals surface area (Å²) in [4.78, 5) is 0.206. The summed E-state index contributed by atoms with van der Waals surface area (Å²) in [5, 5.41) is 10.5. The average Bonchev–Trinajstić information content (AvgIpc) is 2.82. The number of nitrogens with one attached hydrogen (secondary N) is 2. The van der Waals surface area contributed by atoms with Crippen molar-refractivity contribution in [2.45, 2.75) is 11.4 Å². The third kappa shape index (κ3) is 3.03. The van der Waals surface area contributed by atoms with Gasteiger partial charge in [0, 0.05) is 6.54 Å². The van der Waals surface area contributed by atoms with E-state index < -0.39 is 10.0 Å². The Morgan fingerprint density at radius 3 is 2.56 bits per heavy atom. The summed E-state index contributed by atoms with van der Waals surface area (Å²) in [5.74, 6) is 0. The van der Waals surface area contributed by atoms with E-state index in [4.69, 9.17) is 0 Å². The zero-order valence-electron chi connectivity index (χ0n) is 9.62. The molecule has 0 unspecified atom stereocenters. The Morgan fingerprint density at radius 1 is 1.28 bits per heavy atom. The van der Waals surface area contributed by atoms with Crippen molar-refractivity contribution >= 4 is 26.5 Å². The Balaban J connectivity index is 2.19. The largest absolute Gasteiger partial charge is 0.316 e. The predicted molar refractivity (Wildman–Crippen MR) is 69.9 cm³/mol. The highest BCUT2D eigenvalue weighted by Crippen LogP contribution is 2.17. The number of aromatic nitrogens is 2. The van der Waals surface area contributed by atoms with E-state index in [-0.39, 0.29) is 10.0 Å². The SMILES string of the molecule is CNCc1ccc(S(=O)(=O)Nc2nncs2)cc1. The van der Waals surface area contributed by atoms with Crippen molar-refractivity contribution in [1.82, 2.24) is 15.5 Å². The van der Waals surface area contributed by atoms with Gasteiger partial charge < -0.3 is 5.32 Å². The van der Waals surface area contributed by atoms with Crippen LogP contribution in [-0.2, 0) is 16.6 Å². The monoisotopic (exact) mass is 284 g/mol. The van der Waals surface area contributed by atoms with E-state index in [0.717, 1.165) is 16.9 Å². The van der Waals surface area contributed by atoms with Gasteiger partial charge in [0.1, 0.15) is 5.51 Å². The molecule has 0 aliphatic heterocycles. The maximum absolute atomic E-state index is 12.0. The molecule has 0 spiro atoms. The van der Waals surface area contributed by atoms with Crippen LogP contribution in [0.4, 0.5) is 5.13 Å². The van der Waals surface area contributed by atoms with Crippen LogP contribution >= 0.6 is 11.3 Å². The minimum absolute atomic E-state index is 0.206. The molecule has 0 fully saturated rings. The number of nitrogens with zero attached hydrogens (tertiary/aromatic N) is 2. The molecule has 1 aromatic heterocycles. The van der Waals surface area contributed by atoms with Crippen molar-refractivity contribution in [3.8, 4) is 0 Å². The van der Waals surface area contributed by atoms with Crippen molar-refractivity contribution < 1.29 is 8.42 Å². The Labute approximate surface area is 109 Å². The van der Waals surface area contributed by atoms with Gasteiger partial charge in [0.15, 0.2) is 0 Å². The van der Waals surface area contributed by atoms with Gasteiger partial charge in [0.2, 0.25) is 5.13 Å². The maximum atomic E-state index is 12.0. The Bertz CT molecular complexity index is 593. The smallest absolute Gasteiger partial charge is 0.263 e. The lowest BCUT2D eigenvalue weighted by atomic mass is 10.2. The van der Waals surface area contributed by atoms with Gasteiger partial charge in [-0.3, -0.25) is 4.72 Å². The van der Waals surface area contributed by atoms with E-state index in [2.05, 4.69) is 20.2 Å². The van der Waals surface area contributed by atoms with Gasteiger partial charge in [-0.2, -0.15) is 0 Å². The van der Waals surface area contributed by atoms with E-state index >= 15 is 0 Å². The van der Waals surface area contributed by atoms with Crippen LogP contribution in [0.25, 0.3) is 0 Å². The molecule has 0 aliphatic rings. The predicted octanol–water partition coefficient (Wildman–Crippen LogP) is 1.06. The van der Waals surface area contributed by atoms with Crippen LogP contribution < -0.4 is 10.0 Å². The third-order valence-electron chi connectivity index (χ3n) is 2.20. The maximum Gasteiger partial charge on any atom is 0.263 e. The van der Waals surface area contributed by atoms with Crippen molar-refractivity contribution in [1.29, 1.82) is 0 Å². The van der Waals surface area contributed by atoms with Gasteiger partial charge in [-0.1, -0.05) is 23.5 Å². The summed E-state index contributed by atoms with van der Waals surface area (Å²) in [6.07, 6.45) is 0. The molecule has 0 amide bonds. The van der Waals surface area contributed by atoms with Gasteiger partial charge in [-0.05, 0) is 24.7 Å². The summed E-state index contributed by atoms with van der Waals surface area (Å²) in [6.45, 7) is 0.699. The van der Waals surface area contributed by atoms with Crippen molar-refractivity contribution in [2.24, 2.45) is 0 Å². The van der Waals surface area contributed by atoms with E-state index in [9.17, 15) is 8.42 Å². The topological polar surface area (TPSA) is 84.0 Å². The van der Waals surface area contributed by atoms with Gasteiger partial charge in [-0.15, -0.1) is 10.2 Å². The average molecular weight is 284 g/mol. The third-order valence-corrected chi connectivity index (χ3v) is 4.29. The van der Waals surface area contributed by atoms with Gasteiger partial charge in [-0.25, -0.2) is 8.42 Å². The number of sulfonamides is 1. The second-order valence-corrected chi connectivity index (χ2v) is 6.04. The summed E-state index contributed by atoms with van der Waals surface area (Å²) in [6, 6.07) is 6.67. The van der Waals surface area contributed by atoms with E-state index in [1.807, 2.05) is 7.05 Å². The van der Waals surface area contributed by atoms with Gasteiger partial charge in [0.25, 0.3) is 10.0 Å². The molecule has 8 heteroatoms. The molecule has 0 bridgehead atoms. The Kier molecular flexibility index (Phi) is 3.90. The van der Waals surface area contributed by atoms with Crippen LogP contribution in [-0.4, -0.2) is 25.7 Å². The molecule has 2 rings (SSSR count). The Hall–Kier alpha value is -1.51. The summed E-state index contributed by atoms with van der Waals surface area (Å²) < 4.78 is 26.3. The highest BCUT2D eigenvalue weighted by Gasteiger charge is 2.15. The van der Waals surface area contributed by atoms with Crippen molar-refractivity contribution in [3.63, 3.8) is 0 Å². The molecule has 18 heavy (non-hydrogen) atoms. The van der Waals surface area contributed by atoms with Crippen LogP contribution in [0.15, 0.2) is 34.7 Å². The van der Waals surface area contributed by atoms with Crippen LogP contribution in [0.1, 0.15) is 5.56 Å². The lowest BCUT2D eigenvalue weighted by Crippen LogP contribution is -2.13. The first-order valence-electron chi connectivity index (χ1n) is 5.14. The van der Waals surface area contributed by atoms with Crippen molar-refractivity contribution in [3.05, 3.63) is 35.3 Å². The van der Waals surface area contributed by atoms with E-state index in [1.165, 1.54) is 5.51 Å². The highest BCUT2D eigenvalue weighted by atomic mass is 32.2. The number of benzene rings is 1. The molecular formula is C10H12N4O2S2. The Morgan fingerprint density at radius 2 is 2.00 bits per heavy atom. The quantitative estimate of drug-likeness (QED) is 0.857. The van der Waals surface area contributed by atoms with Crippen LogP contribution in [0, 0.1) is 0 Å². The molecule has 0 atom stereocenters. The summed E-state index contributed by atoms with van der Waals surface area (Å²) in [7, 11) is -1.74. The molecule has 0 aliphatic carbocycles. The van der Waals surface area contributed by atoms with Crippen LogP contribution in [0.3, 0.4) is 0 Å². The number of rotatable bonds is 5. The number of hydrogen-bond donors (Lipinski definition) is 2. The van der Waals surface area contributed by atoms with E-state index in [0.29, 0.717) is 6.54 Å². The van der Waals surface area contributed by atoms with E-state index in [1.54, 1.807) is 24.3 Å².